The molecule has 172 valence electrons. The first-order valence-corrected chi connectivity index (χ1v) is 11.1. The zero-order valence-electron chi connectivity index (χ0n) is 19.2. The fourth-order valence-corrected chi connectivity index (χ4v) is 4.07. The third-order valence-electron chi connectivity index (χ3n) is 5.75. The quantitative estimate of drug-likeness (QED) is 0.312. The molecular formula is C25H28N4O4. The van der Waals surface area contributed by atoms with Crippen LogP contribution in [0, 0.1) is 6.92 Å². The average molecular weight is 449 g/mol. The molecule has 2 aliphatic heterocycles. The summed E-state index contributed by atoms with van der Waals surface area (Å²) in [4.78, 5) is 35.3. The molecule has 0 aliphatic carbocycles. The van der Waals surface area contributed by atoms with Crippen molar-refractivity contribution >= 4 is 11.0 Å². The number of H-pyrrole nitrogens is 1. The summed E-state index contributed by atoms with van der Waals surface area (Å²) >= 11 is 0. The maximum atomic E-state index is 12.5. The molecule has 2 aromatic carbocycles. The number of fused-ring (bicyclic) bond motifs is 2. The summed E-state index contributed by atoms with van der Waals surface area (Å²) < 4.78 is 12.7. The molecule has 33 heavy (non-hydrogen) atoms. The number of ether oxygens (including phenoxy) is 2. The van der Waals surface area contributed by atoms with Crippen LogP contribution < -0.4 is 16.0 Å². The van der Waals surface area contributed by atoms with Crippen LogP contribution in [0.3, 0.4) is 0 Å². The standard InChI is InChI=1S/C25H28N4O4/c1-4-18-15-20-21(13-16(18)2)29(23-22(26-20)24(30)28-25(31)27-23)10-6-8-17-7-5-9-19(14-17)33-12-11-32-3/h5,7,9,13-15H,4,6,8,10-12H2,1-3H3,(H,28,30,31). The molecule has 0 radical (unpaired) electrons. The maximum absolute atomic E-state index is 12.5. The number of aryl methyl sites for hydroxylation is 4. The summed E-state index contributed by atoms with van der Waals surface area (Å²) in [7, 11) is 1.65. The Kier molecular flexibility index (Phi) is 6.84. The van der Waals surface area contributed by atoms with E-state index < -0.39 is 11.2 Å². The van der Waals surface area contributed by atoms with E-state index in [1.165, 1.54) is 5.56 Å². The van der Waals surface area contributed by atoms with Gasteiger partial charge in [-0.05, 0) is 67.1 Å². The fraction of sp³-hybridized carbons (Fsp3) is 0.360. The Hall–Kier alpha value is -3.52. The summed E-state index contributed by atoms with van der Waals surface area (Å²) in [6.45, 7) is 5.78. The molecule has 0 atom stereocenters. The van der Waals surface area contributed by atoms with Gasteiger partial charge in [-0.15, -0.1) is 0 Å². The van der Waals surface area contributed by atoms with Gasteiger partial charge in [0.25, 0.3) is 5.56 Å². The number of nitrogens with zero attached hydrogens (tertiary/aromatic N) is 3. The molecule has 0 saturated carbocycles. The number of aromatic nitrogens is 4. The van der Waals surface area contributed by atoms with E-state index in [1.807, 2.05) is 28.8 Å². The van der Waals surface area contributed by atoms with Crippen molar-refractivity contribution in [2.45, 2.75) is 39.7 Å². The molecule has 2 heterocycles. The first-order valence-electron chi connectivity index (χ1n) is 11.1. The highest BCUT2D eigenvalue weighted by atomic mass is 16.5. The average Bonchev–Trinajstić information content (AvgIpc) is 2.79. The van der Waals surface area contributed by atoms with Gasteiger partial charge in [-0.3, -0.25) is 9.78 Å². The number of benzene rings is 2. The highest BCUT2D eigenvalue weighted by molar-refractivity contribution is 5.81. The first-order chi connectivity index (χ1) is 16.0. The van der Waals surface area contributed by atoms with E-state index in [9.17, 15) is 9.59 Å². The van der Waals surface area contributed by atoms with E-state index in [4.69, 9.17) is 9.47 Å². The van der Waals surface area contributed by atoms with Crippen LogP contribution in [-0.2, 0) is 24.1 Å². The number of rotatable bonds is 9. The van der Waals surface area contributed by atoms with E-state index in [0.29, 0.717) is 25.6 Å². The van der Waals surface area contributed by atoms with Crippen molar-refractivity contribution in [1.29, 1.82) is 0 Å². The molecule has 8 heteroatoms. The van der Waals surface area contributed by atoms with Gasteiger partial charge in [-0.1, -0.05) is 19.1 Å². The van der Waals surface area contributed by atoms with Crippen molar-refractivity contribution in [2.75, 3.05) is 20.3 Å². The summed E-state index contributed by atoms with van der Waals surface area (Å²) in [5.74, 6) is 1.13. The van der Waals surface area contributed by atoms with Gasteiger partial charge in [-0.2, -0.15) is 4.98 Å². The topological polar surface area (TPSA) is 99.1 Å². The zero-order chi connectivity index (χ0) is 23.4. The molecule has 2 aliphatic rings. The predicted molar refractivity (Wildman–Crippen MR) is 127 cm³/mol. The Balaban J connectivity index is 1.66. The van der Waals surface area contributed by atoms with Crippen LogP contribution in [-0.4, -0.2) is 39.8 Å². The van der Waals surface area contributed by atoms with E-state index in [0.717, 1.165) is 47.2 Å². The van der Waals surface area contributed by atoms with Crippen LogP contribution >= 0.6 is 0 Å². The molecule has 2 aromatic rings. The van der Waals surface area contributed by atoms with Crippen LogP contribution in [0.5, 0.6) is 5.75 Å². The Bertz CT molecular complexity index is 1360. The van der Waals surface area contributed by atoms with E-state index in [1.54, 1.807) is 7.11 Å². The number of hydrogen-bond acceptors (Lipinski definition) is 6. The summed E-state index contributed by atoms with van der Waals surface area (Å²) in [5.41, 5.74) is 4.07. The molecular weight excluding hydrogens is 420 g/mol. The van der Waals surface area contributed by atoms with E-state index in [2.05, 4.69) is 40.9 Å². The Morgan fingerprint density at radius 2 is 1.94 bits per heavy atom. The van der Waals surface area contributed by atoms with Gasteiger partial charge >= 0.3 is 5.69 Å². The third-order valence-corrected chi connectivity index (χ3v) is 5.75. The van der Waals surface area contributed by atoms with Crippen LogP contribution in [0.2, 0.25) is 0 Å². The molecule has 0 unspecified atom stereocenters. The van der Waals surface area contributed by atoms with Crippen molar-refractivity contribution in [2.24, 2.45) is 0 Å². The molecule has 0 saturated heterocycles. The Morgan fingerprint density at radius 1 is 1.09 bits per heavy atom. The monoisotopic (exact) mass is 448 g/mol. The van der Waals surface area contributed by atoms with E-state index >= 15 is 0 Å². The maximum Gasteiger partial charge on any atom is 0.349 e. The van der Waals surface area contributed by atoms with Crippen LogP contribution in [0.4, 0.5) is 0 Å². The predicted octanol–water partition coefficient (Wildman–Crippen LogP) is 3.11. The molecule has 4 rings (SSSR count). The molecule has 0 bridgehead atoms. The Morgan fingerprint density at radius 3 is 2.73 bits per heavy atom. The molecule has 0 spiro atoms. The molecule has 0 aromatic heterocycles. The molecule has 0 fully saturated rings. The normalized spacial score (nSPS) is 11.4. The summed E-state index contributed by atoms with van der Waals surface area (Å²) in [6.07, 6.45) is 2.47. The van der Waals surface area contributed by atoms with E-state index in [-0.39, 0.29) is 5.69 Å². The molecule has 8 nitrogen and oxygen atoms in total. The highest BCUT2D eigenvalue weighted by Gasteiger charge is 2.19. The SMILES string of the molecule is CCc1cc2nc3c(=O)[nH]c(=O)nc-3n(CCCc3cccc(OCCOC)c3)c2cc1C. The second-order valence-electron chi connectivity index (χ2n) is 8.02. The summed E-state index contributed by atoms with van der Waals surface area (Å²) in [5, 5.41) is 0. The highest BCUT2D eigenvalue weighted by Crippen LogP contribution is 2.25. The number of hydrogen-bond donors (Lipinski definition) is 1. The number of aromatic amines is 1. The van der Waals surface area contributed by atoms with Gasteiger partial charge in [0.05, 0.1) is 17.6 Å². The lowest BCUT2D eigenvalue weighted by Crippen LogP contribution is -2.29. The smallest absolute Gasteiger partial charge is 0.349 e. The first kappa shape index (κ1) is 22.7. The molecule has 0 amide bonds. The molecule has 1 N–H and O–H groups in total. The van der Waals surface area contributed by atoms with Crippen LogP contribution in [0.1, 0.15) is 30.0 Å². The van der Waals surface area contributed by atoms with Crippen molar-refractivity contribution in [3.63, 3.8) is 0 Å². The number of methoxy groups -OCH3 is 1. The minimum atomic E-state index is -0.662. The van der Waals surface area contributed by atoms with Crippen LogP contribution in [0.15, 0.2) is 46.0 Å². The van der Waals surface area contributed by atoms with Gasteiger partial charge in [-0.25, -0.2) is 9.78 Å². The van der Waals surface area contributed by atoms with Crippen molar-refractivity contribution in [1.82, 2.24) is 19.5 Å². The number of nitrogens with one attached hydrogen (secondary N) is 1. The van der Waals surface area contributed by atoms with Gasteiger partial charge in [0.15, 0.2) is 11.5 Å². The summed E-state index contributed by atoms with van der Waals surface area (Å²) in [6, 6.07) is 12.1. The van der Waals surface area contributed by atoms with Crippen molar-refractivity contribution in [3.8, 4) is 17.3 Å². The minimum Gasteiger partial charge on any atom is -0.491 e. The van der Waals surface area contributed by atoms with Gasteiger partial charge in [0.2, 0.25) is 0 Å². The second-order valence-corrected chi connectivity index (χ2v) is 8.02. The van der Waals surface area contributed by atoms with Crippen molar-refractivity contribution in [3.05, 3.63) is 73.9 Å². The van der Waals surface area contributed by atoms with Gasteiger partial charge in [0, 0.05) is 13.7 Å². The van der Waals surface area contributed by atoms with Gasteiger partial charge < -0.3 is 14.0 Å². The lowest BCUT2D eigenvalue weighted by atomic mass is 10.0. The van der Waals surface area contributed by atoms with Gasteiger partial charge in [0.1, 0.15) is 12.4 Å². The minimum absolute atomic E-state index is 0.182. The fourth-order valence-electron chi connectivity index (χ4n) is 4.07. The third kappa shape index (κ3) is 4.96. The van der Waals surface area contributed by atoms with Crippen LogP contribution in [0.25, 0.3) is 22.6 Å². The zero-order valence-corrected chi connectivity index (χ0v) is 19.2. The lowest BCUT2D eigenvalue weighted by molar-refractivity contribution is 0.146. The Labute approximate surface area is 191 Å². The second kappa shape index (κ2) is 9.95. The lowest BCUT2D eigenvalue weighted by Gasteiger charge is -2.18. The largest absolute Gasteiger partial charge is 0.491 e. The van der Waals surface area contributed by atoms with Crippen molar-refractivity contribution < 1.29 is 9.47 Å².